The summed E-state index contributed by atoms with van der Waals surface area (Å²) in [5.74, 6) is -0.925. The standard InChI is InChI=1S/C15H13F2N5S2/c1-2-6-19-12-11-13(20-14(18)24-11)22-15(21-12)23-7-8-4-3-5-9(16)10(8)17/h2-5H,1,6-7H2,(H3,18,19,20,21,22). The van der Waals surface area contributed by atoms with E-state index in [0.717, 1.165) is 10.8 Å². The Morgan fingerprint density at radius 2 is 2.12 bits per heavy atom. The van der Waals surface area contributed by atoms with E-state index in [2.05, 4.69) is 26.8 Å². The average molecular weight is 365 g/mol. The second-order valence-electron chi connectivity index (χ2n) is 4.73. The number of nitrogen functional groups attached to an aromatic ring is 1. The predicted molar refractivity (Wildman–Crippen MR) is 94.2 cm³/mol. The number of fused-ring (bicyclic) bond motifs is 1. The molecule has 0 aliphatic heterocycles. The first-order chi connectivity index (χ1) is 11.6. The topological polar surface area (TPSA) is 76.7 Å². The Bertz CT molecular complexity index is 897. The number of hydrogen-bond donors (Lipinski definition) is 2. The van der Waals surface area contributed by atoms with Gasteiger partial charge >= 0.3 is 0 Å². The zero-order valence-corrected chi connectivity index (χ0v) is 14.1. The van der Waals surface area contributed by atoms with Crippen molar-refractivity contribution in [3.05, 3.63) is 48.1 Å². The van der Waals surface area contributed by atoms with Gasteiger partial charge in [-0.1, -0.05) is 41.3 Å². The van der Waals surface area contributed by atoms with Crippen LogP contribution in [0.4, 0.5) is 19.7 Å². The first kappa shape index (κ1) is 16.6. The zero-order valence-electron chi connectivity index (χ0n) is 12.4. The minimum Gasteiger partial charge on any atom is -0.375 e. The summed E-state index contributed by atoms with van der Waals surface area (Å²) in [5.41, 5.74) is 6.46. The molecule has 0 fully saturated rings. The third-order valence-electron chi connectivity index (χ3n) is 3.05. The first-order valence-electron chi connectivity index (χ1n) is 6.93. The van der Waals surface area contributed by atoms with Gasteiger partial charge in [-0.3, -0.25) is 0 Å². The van der Waals surface area contributed by atoms with Crippen LogP contribution >= 0.6 is 23.1 Å². The molecule has 3 aromatic rings. The quantitative estimate of drug-likeness (QED) is 0.393. The number of hydrogen-bond acceptors (Lipinski definition) is 7. The normalized spacial score (nSPS) is 10.9. The number of thiazole rings is 1. The molecule has 5 nitrogen and oxygen atoms in total. The number of anilines is 2. The van der Waals surface area contributed by atoms with E-state index in [1.165, 1.54) is 35.2 Å². The van der Waals surface area contributed by atoms with Gasteiger partial charge < -0.3 is 11.1 Å². The van der Waals surface area contributed by atoms with Crippen LogP contribution in [0, 0.1) is 11.6 Å². The van der Waals surface area contributed by atoms with Gasteiger partial charge in [0.15, 0.2) is 33.4 Å². The molecule has 0 radical (unpaired) electrons. The predicted octanol–water partition coefficient (Wildman–Crippen LogP) is 3.84. The fourth-order valence-electron chi connectivity index (χ4n) is 1.98. The molecule has 2 aromatic heterocycles. The van der Waals surface area contributed by atoms with E-state index < -0.39 is 11.6 Å². The van der Waals surface area contributed by atoms with Crippen LogP contribution in [-0.2, 0) is 5.75 Å². The molecule has 1 aromatic carbocycles. The summed E-state index contributed by atoms with van der Waals surface area (Å²) in [6.07, 6.45) is 1.70. The highest BCUT2D eigenvalue weighted by molar-refractivity contribution is 7.98. The van der Waals surface area contributed by atoms with E-state index in [9.17, 15) is 8.78 Å². The number of benzene rings is 1. The van der Waals surface area contributed by atoms with E-state index in [1.807, 2.05) is 0 Å². The van der Waals surface area contributed by atoms with Crippen molar-refractivity contribution in [1.82, 2.24) is 15.0 Å². The molecule has 0 aliphatic rings. The van der Waals surface area contributed by atoms with Gasteiger partial charge in [0.05, 0.1) is 0 Å². The molecule has 0 bridgehead atoms. The molecule has 2 heterocycles. The van der Waals surface area contributed by atoms with E-state index in [1.54, 1.807) is 6.08 Å². The second-order valence-corrected chi connectivity index (χ2v) is 6.70. The third kappa shape index (κ3) is 3.46. The molecule has 124 valence electrons. The van der Waals surface area contributed by atoms with Gasteiger partial charge in [-0.25, -0.2) is 23.7 Å². The summed E-state index contributed by atoms with van der Waals surface area (Å²) in [4.78, 5) is 12.9. The maximum absolute atomic E-state index is 13.7. The van der Waals surface area contributed by atoms with E-state index >= 15 is 0 Å². The minimum absolute atomic E-state index is 0.204. The molecular formula is C15H13F2N5S2. The van der Waals surface area contributed by atoms with Crippen molar-refractivity contribution in [2.75, 3.05) is 17.6 Å². The van der Waals surface area contributed by atoms with Crippen molar-refractivity contribution in [3.8, 4) is 0 Å². The molecule has 24 heavy (non-hydrogen) atoms. The largest absolute Gasteiger partial charge is 0.375 e. The fraction of sp³-hybridized carbons (Fsp3) is 0.133. The highest BCUT2D eigenvalue weighted by Crippen LogP contribution is 2.31. The van der Waals surface area contributed by atoms with Crippen molar-refractivity contribution >= 4 is 44.4 Å². The summed E-state index contributed by atoms with van der Waals surface area (Å²) in [7, 11) is 0. The number of nitrogens with two attached hydrogens (primary N) is 1. The summed E-state index contributed by atoms with van der Waals surface area (Å²) in [6.45, 7) is 4.17. The van der Waals surface area contributed by atoms with Crippen molar-refractivity contribution in [2.24, 2.45) is 0 Å². The molecule has 0 saturated heterocycles. The number of nitrogens with one attached hydrogen (secondary N) is 1. The first-order valence-corrected chi connectivity index (χ1v) is 8.73. The number of aromatic nitrogens is 3. The van der Waals surface area contributed by atoms with Crippen LogP contribution in [-0.4, -0.2) is 21.5 Å². The van der Waals surface area contributed by atoms with Gasteiger partial charge in [0.2, 0.25) is 0 Å². The lowest BCUT2D eigenvalue weighted by molar-refractivity contribution is 0.502. The lowest BCUT2D eigenvalue weighted by Gasteiger charge is -2.07. The molecular weight excluding hydrogens is 352 g/mol. The molecule has 3 N–H and O–H groups in total. The molecule has 0 atom stereocenters. The Balaban J connectivity index is 1.88. The average Bonchev–Trinajstić information content (AvgIpc) is 2.94. The van der Waals surface area contributed by atoms with Gasteiger partial charge in [-0.2, -0.15) is 0 Å². The maximum atomic E-state index is 13.7. The third-order valence-corrected chi connectivity index (χ3v) is 4.83. The van der Waals surface area contributed by atoms with Gasteiger partial charge in [-0.15, -0.1) is 6.58 Å². The second kappa shape index (κ2) is 7.10. The van der Waals surface area contributed by atoms with E-state index in [4.69, 9.17) is 5.73 Å². The van der Waals surface area contributed by atoms with Crippen LogP contribution in [0.15, 0.2) is 36.0 Å². The smallest absolute Gasteiger partial charge is 0.191 e. The molecule has 0 spiro atoms. The van der Waals surface area contributed by atoms with E-state index in [-0.39, 0.29) is 11.3 Å². The Morgan fingerprint density at radius 3 is 2.92 bits per heavy atom. The van der Waals surface area contributed by atoms with E-state index in [0.29, 0.717) is 28.3 Å². The summed E-state index contributed by atoms with van der Waals surface area (Å²) < 4.78 is 27.7. The monoisotopic (exact) mass is 365 g/mol. The van der Waals surface area contributed by atoms with Crippen LogP contribution in [0.5, 0.6) is 0 Å². The van der Waals surface area contributed by atoms with Crippen LogP contribution in [0.25, 0.3) is 10.3 Å². The molecule has 9 heteroatoms. The SMILES string of the molecule is C=CCNc1nc(SCc2cccc(F)c2F)nc2nc(N)sc12. The van der Waals surface area contributed by atoms with Gasteiger partial charge in [0.25, 0.3) is 0 Å². The summed E-state index contributed by atoms with van der Waals surface area (Å²) in [6, 6.07) is 4.08. The number of thioether (sulfide) groups is 1. The number of halogens is 2. The number of nitrogens with zero attached hydrogens (tertiary/aromatic N) is 3. The Morgan fingerprint density at radius 1 is 1.29 bits per heavy atom. The van der Waals surface area contributed by atoms with Crippen molar-refractivity contribution < 1.29 is 8.78 Å². The summed E-state index contributed by atoms with van der Waals surface area (Å²) >= 11 is 2.48. The molecule has 0 amide bonds. The Kier molecular flexibility index (Phi) is 4.91. The highest BCUT2D eigenvalue weighted by Gasteiger charge is 2.14. The molecule has 0 saturated carbocycles. The van der Waals surface area contributed by atoms with Gasteiger partial charge in [-0.05, 0) is 6.07 Å². The van der Waals surface area contributed by atoms with Crippen LogP contribution < -0.4 is 11.1 Å². The highest BCUT2D eigenvalue weighted by atomic mass is 32.2. The lowest BCUT2D eigenvalue weighted by Crippen LogP contribution is -2.02. The van der Waals surface area contributed by atoms with Crippen LogP contribution in [0.3, 0.4) is 0 Å². The molecule has 0 unspecified atom stereocenters. The molecule has 0 aliphatic carbocycles. The van der Waals surface area contributed by atoms with Crippen LogP contribution in [0.2, 0.25) is 0 Å². The van der Waals surface area contributed by atoms with Gasteiger partial charge in [0.1, 0.15) is 4.70 Å². The number of rotatable bonds is 6. The Hall–Kier alpha value is -2.26. The van der Waals surface area contributed by atoms with Crippen molar-refractivity contribution in [3.63, 3.8) is 0 Å². The van der Waals surface area contributed by atoms with Crippen molar-refractivity contribution in [1.29, 1.82) is 0 Å². The lowest BCUT2D eigenvalue weighted by atomic mass is 10.2. The minimum atomic E-state index is -0.870. The van der Waals surface area contributed by atoms with Gasteiger partial charge in [0, 0.05) is 17.9 Å². The van der Waals surface area contributed by atoms with Crippen LogP contribution in [0.1, 0.15) is 5.56 Å². The summed E-state index contributed by atoms with van der Waals surface area (Å²) in [5, 5.41) is 3.90. The van der Waals surface area contributed by atoms with Crippen molar-refractivity contribution in [2.45, 2.75) is 10.9 Å². The zero-order chi connectivity index (χ0) is 17.1. The maximum Gasteiger partial charge on any atom is 0.191 e. The Labute approximate surface area is 145 Å². The molecule has 3 rings (SSSR count). The fourth-order valence-corrected chi connectivity index (χ4v) is 3.53.